The molecule has 0 bridgehead atoms. The van der Waals surface area contributed by atoms with E-state index in [1.54, 1.807) is 18.2 Å². The van der Waals surface area contributed by atoms with Crippen molar-refractivity contribution < 1.29 is 22.7 Å². The van der Waals surface area contributed by atoms with Crippen LogP contribution in [0.1, 0.15) is 38.2 Å². The monoisotopic (exact) mass is 394 g/mol. The van der Waals surface area contributed by atoms with Crippen LogP contribution in [0.4, 0.5) is 24.5 Å². The SMILES string of the molecule is CCCCCCOc1cccc(NC(=O)CNc2cccc(C(F)(F)F)c2)c1. The highest BCUT2D eigenvalue weighted by Gasteiger charge is 2.30. The van der Waals surface area contributed by atoms with Gasteiger partial charge in [0.2, 0.25) is 5.91 Å². The fourth-order valence-corrected chi connectivity index (χ4v) is 2.58. The molecule has 4 nitrogen and oxygen atoms in total. The Morgan fingerprint density at radius 3 is 2.50 bits per heavy atom. The Morgan fingerprint density at radius 2 is 1.75 bits per heavy atom. The number of nitrogens with one attached hydrogen (secondary N) is 2. The summed E-state index contributed by atoms with van der Waals surface area (Å²) in [5.41, 5.74) is 0.0396. The van der Waals surface area contributed by atoms with E-state index in [4.69, 9.17) is 4.74 Å². The maximum atomic E-state index is 12.7. The number of amides is 1. The van der Waals surface area contributed by atoms with Gasteiger partial charge in [0, 0.05) is 17.4 Å². The lowest BCUT2D eigenvalue weighted by Crippen LogP contribution is -2.22. The van der Waals surface area contributed by atoms with E-state index >= 15 is 0 Å². The Morgan fingerprint density at radius 1 is 1.00 bits per heavy atom. The van der Waals surface area contributed by atoms with Crippen LogP contribution in [0, 0.1) is 0 Å². The maximum Gasteiger partial charge on any atom is 0.416 e. The summed E-state index contributed by atoms with van der Waals surface area (Å²) in [6, 6.07) is 11.8. The summed E-state index contributed by atoms with van der Waals surface area (Å²) in [6.07, 6.45) is 0.0186. The fourth-order valence-electron chi connectivity index (χ4n) is 2.58. The van der Waals surface area contributed by atoms with Crippen LogP contribution in [0.5, 0.6) is 5.75 Å². The van der Waals surface area contributed by atoms with Crippen LogP contribution in [-0.4, -0.2) is 19.1 Å². The predicted molar refractivity (Wildman–Crippen MR) is 105 cm³/mol. The predicted octanol–water partition coefficient (Wildman–Crippen LogP) is 5.72. The molecule has 7 heteroatoms. The molecule has 0 saturated heterocycles. The van der Waals surface area contributed by atoms with E-state index in [-0.39, 0.29) is 18.1 Å². The van der Waals surface area contributed by atoms with Crippen molar-refractivity contribution in [3.05, 3.63) is 54.1 Å². The van der Waals surface area contributed by atoms with Gasteiger partial charge in [0.1, 0.15) is 5.75 Å². The minimum atomic E-state index is -4.42. The second kappa shape index (κ2) is 10.6. The second-order valence-electron chi connectivity index (χ2n) is 6.42. The first-order valence-electron chi connectivity index (χ1n) is 9.32. The number of unbranched alkanes of at least 4 members (excludes halogenated alkanes) is 3. The van der Waals surface area contributed by atoms with Crippen LogP contribution < -0.4 is 15.4 Å². The summed E-state index contributed by atoms with van der Waals surface area (Å²) >= 11 is 0. The molecule has 0 aliphatic heterocycles. The molecule has 0 spiro atoms. The second-order valence-corrected chi connectivity index (χ2v) is 6.42. The molecular weight excluding hydrogens is 369 g/mol. The average Bonchev–Trinajstić information content (AvgIpc) is 2.66. The number of halogens is 3. The van der Waals surface area contributed by atoms with Gasteiger partial charge in [0.15, 0.2) is 0 Å². The van der Waals surface area contributed by atoms with E-state index in [0.29, 0.717) is 18.0 Å². The zero-order valence-electron chi connectivity index (χ0n) is 15.8. The van der Waals surface area contributed by atoms with Crippen molar-refractivity contribution in [1.82, 2.24) is 0 Å². The van der Waals surface area contributed by atoms with Crippen molar-refractivity contribution in [2.75, 3.05) is 23.8 Å². The standard InChI is InChI=1S/C21H25F3N2O2/c1-2-3-4-5-12-28-19-11-7-10-18(14-19)26-20(27)15-25-17-9-6-8-16(13-17)21(22,23)24/h6-11,13-14,25H,2-5,12,15H2,1H3,(H,26,27). The van der Waals surface area contributed by atoms with Crippen molar-refractivity contribution in [2.24, 2.45) is 0 Å². The van der Waals surface area contributed by atoms with E-state index in [1.807, 2.05) is 6.07 Å². The molecule has 1 amide bonds. The Bertz CT molecular complexity index is 763. The number of carbonyl (C=O) groups is 1. The van der Waals surface area contributed by atoms with Gasteiger partial charge in [-0.15, -0.1) is 0 Å². The van der Waals surface area contributed by atoms with Crippen LogP contribution in [0.3, 0.4) is 0 Å². The fraction of sp³-hybridized carbons (Fsp3) is 0.381. The molecule has 0 aromatic heterocycles. The number of alkyl halides is 3. The van der Waals surface area contributed by atoms with Gasteiger partial charge in [-0.2, -0.15) is 13.2 Å². The molecule has 0 heterocycles. The van der Waals surface area contributed by atoms with Gasteiger partial charge in [0.25, 0.3) is 0 Å². The summed E-state index contributed by atoms with van der Waals surface area (Å²) in [6.45, 7) is 2.62. The zero-order chi connectivity index (χ0) is 20.4. The number of carbonyl (C=O) groups excluding carboxylic acids is 1. The molecule has 2 aromatic carbocycles. The summed E-state index contributed by atoms with van der Waals surface area (Å²) in [7, 11) is 0. The van der Waals surface area contributed by atoms with Crippen LogP contribution >= 0.6 is 0 Å². The Hall–Kier alpha value is -2.70. The lowest BCUT2D eigenvalue weighted by Gasteiger charge is -2.12. The smallest absolute Gasteiger partial charge is 0.416 e. The van der Waals surface area contributed by atoms with Crippen molar-refractivity contribution in [1.29, 1.82) is 0 Å². The van der Waals surface area contributed by atoms with Gasteiger partial charge in [-0.05, 0) is 36.8 Å². The summed E-state index contributed by atoms with van der Waals surface area (Å²) in [5, 5.41) is 5.41. The van der Waals surface area contributed by atoms with Crippen molar-refractivity contribution in [2.45, 2.75) is 38.8 Å². The van der Waals surface area contributed by atoms with E-state index < -0.39 is 11.7 Å². The molecular formula is C21H25F3N2O2. The minimum Gasteiger partial charge on any atom is -0.494 e. The van der Waals surface area contributed by atoms with Gasteiger partial charge in [-0.1, -0.05) is 38.3 Å². The lowest BCUT2D eigenvalue weighted by atomic mass is 10.2. The van der Waals surface area contributed by atoms with Gasteiger partial charge in [-0.25, -0.2) is 0 Å². The molecule has 0 atom stereocenters. The maximum absolute atomic E-state index is 12.7. The topological polar surface area (TPSA) is 50.4 Å². The van der Waals surface area contributed by atoms with Gasteiger partial charge >= 0.3 is 6.18 Å². The molecule has 0 saturated carbocycles. The largest absolute Gasteiger partial charge is 0.494 e. The zero-order valence-corrected chi connectivity index (χ0v) is 15.8. The van der Waals surface area contributed by atoms with E-state index in [0.717, 1.165) is 31.4 Å². The van der Waals surface area contributed by atoms with Crippen molar-refractivity contribution >= 4 is 17.3 Å². The molecule has 2 N–H and O–H groups in total. The van der Waals surface area contributed by atoms with Crippen molar-refractivity contribution in [3.63, 3.8) is 0 Å². The van der Waals surface area contributed by atoms with Crippen LogP contribution in [-0.2, 0) is 11.0 Å². The molecule has 0 unspecified atom stereocenters. The number of hydrogen-bond acceptors (Lipinski definition) is 3. The third-order valence-electron chi connectivity index (χ3n) is 4.03. The number of hydrogen-bond donors (Lipinski definition) is 2. The summed E-state index contributed by atoms with van der Waals surface area (Å²) in [5.74, 6) is 0.303. The Labute approximate surface area is 163 Å². The molecule has 152 valence electrons. The van der Waals surface area contributed by atoms with Gasteiger partial charge in [0.05, 0.1) is 18.7 Å². The van der Waals surface area contributed by atoms with E-state index in [2.05, 4.69) is 17.6 Å². The van der Waals surface area contributed by atoms with Crippen LogP contribution in [0.15, 0.2) is 48.5 Å². The normalized spacial score (nSPS) is 11.1. The molecule has 0 aliphatic rings. The van der Waals surface area contributed by atoms with Crippen LogP contribution in [0.2, 0.25) is 0 Å². The number of ether oxygens (including phenoxy) is 1. The molecule has 0 fully saturated rings. The van der Waals surface area contributed by atoms with Gasteiger partial charge < -0.3 is 15.4 Å². The quantitative estimate of drug-likeness (QED) is 0.507. The highest BCUT2D eigenvalue weighted by Crippen LogP contribution is 2.30. The first-order valence-corrected chi connectivity index (χ1v) is 9.32. The lowest BCUT2D eigenvalue weighted by molar-refractivity contribution is -0.137. The minimum absolute atomic E-state index is 0.149. The molecule has 28 heavy (non-hydrogen) atoms. The van der Waals surface area contributed by atoms with Crippen LogP contribution in [0.25, 0.3) is 0 Å². The number of anilines is 2. The summed E-state index contributed by atoms with van der Waals surface area (Å²) in [4.78, 5) is 12.1. The Balaban J connectivity index is 1.82. The third kappa shape index (κ3) is 7.50. The highest BCUT2D eigenvalue weighted by atomic mass is 19.4. The molecule has 2 aromatic rings. The van der Waals surface area contributed by atoms with Crippen molar-refractivity contribution in [3.8, 4) is 5.75 Å². The number of rotatable bonds is 10. The van der Waals surface area contributed by atoms with E-state index in [1.165, 1.54) is 18.6 Å². The number of benzene rings is 2. The molecule has 2 rings (SSSR count). The average molecular weight is 394 g/mol. The highest BCUT2D eigenvalue weighted by molar-refractivity contribution is 5.93. The van der Waals surface area contributed by atoms with E-state index in [9.17, 15) is 18.0 Å². The van der Waals surface area contributed by atoms with Gasteiger partial charge in [-0.3, -0.25) is 4.79 Å². The molecule has 0 radical (unpaired) electrons. The summed E-state index contributed by atoms with van der Waals surface area (Å²) < 4.78 is 43.8. The first-order chi connectivity index (χ1) is 13.4. The first kappa shape index (κ1) is 21.6. The third-order valence-corrected chi connectivity index (χ3v) is 4.03. The Kier molecular flexibility index (Phi) is 8.17. The molecule has 0 aliphatic carbocycles.